The first kappa shape index (κ1) is 16.3. The number of nitrogens with zero attached hydrogens (tertiary/aromatic N) is 2. The van der Waals surface area contributed by atoms with Gasteiger partial charge in [0.05, 0.1) is 0 Å². The maximum absolute atomic E-state index is 11.8. The van der Waals surface area contributed by atoms with Crippen LogP contribution >= 0.6 is 11.6 Å². The van der Waals surface area contributed by atoms with E-state index in [-0.39, 0.29) is 12.5 Å². The molecule has 0 atom stereocenters. The van der Waals surface area contributed by atoms with Crippen LogP contribution in [0.4, 0.5) is 0 Å². The van der Waals surface area contributed by atoms with E-state index in [1.807, 2.05) is 31.3 Å². The van der Waals surface area contributed by atoms with Crippen molar-refractivity contribution >= 4 is 28.4 Å². The lowest BCUT2D eigenvalue weighted by atomic mass is 10.1. The number of nitrogens with one attached hydrogen (secondary N) is 1. The van der Waals surface area contributed by atoms with E-state index in [0.29, 0.717) is 17.4 Å². The number of aromatic nitrogens is 2. The Morgan fingerprint density at radius 1 is 1.33 bits per heavy atom. The molecule has 0 bridgehead atoms. The van der Waals surface area contributed by atoms with Crippen LogP contribution in [0.1, 0.15) is 5.56 Å². The van der Waals surface area contributed by atoms with E-state index in [9.17, 15) is 4.79 Å². The van der Waals surface area contributed by atoms with Gasteiger partial charge in [-0.1, -0.05) is 17.7 Å². The second-order valence-electron chi connectivity index (χ2n) is 5.48. The van der Waals surface area contributed by atoms with Crippen molar-refractivity contribution in [3.8, 4) is 5.88 Å². The van der Waals surface area contributed by atoms with Crippen LogP contribution < -0.4 is 10.1 Å². The molecule has 1 amide bonds. The third kappa shape index (κ3) is 3.86. The topological polar surface area (TPSA) is 56.2 Å². The summed E-state index contributed by atoms with van der Waals surface area (Å²) in [5, 5.41) is 4.68. The van der Waals surface area contributed by atoms with Crippen LogP contribution in [0.5, 0.6) is 5.88 Å². The summed E-state index contributed by atoms with van der Waals surface area (Å²) in [6.07, 6.45) is 4.42. The largest absolute Gasteiger partial charge is 0.468 e. The van der Waals surface area contributed by atoms with Gasteiger partial charge in [-0.25, -0.2) is 4.98 Å². The van der Waals surface area contributed by atoms with Crippen LogP contribution in [0.25, 0.3) is 10.9 Å². The minimum Gasteiger partial charge on any atom is -0.468 e. The molecule has 2 aromatic heterocycles. The highest BCUT2D eigenvalue weighted by molar-refractivity contribution is 6.31. The molecule has 0 fully saturated rings. The zero-order valence-corrected chi connectivity index (χ0v) is 14.1. The molecule has 3 aromatic rings. The summed E-state index contributed by atoms with van der Waals surface area (Å²) in [5.74, 6) is 0.273. The maximum atomic E-state index is 11.8. The number of rotatable bonds is 6. The number of hydrogen-bond donors (Lipinski definition) is 1. The maximum Gasteiger partial charge on any atom is 0.258 e. The Balaban J connectivity index is 1.53. The molecular formula is C18H18ClN3O2. The van der Waals surface area contributed by atoms with Gasteiger partial charge in [-0.05, 0) is 36.2 Å². The standard InChI is InChI=1S/C18H18ClN3O2/c1-22-11-13(15-10-14(19)5-6-16(15)22)7-9-20-17(23)12-24-18-4-2-3-8-21-18/h2-6,8,10-11H,7,9,12H2,1H3,(H,20,23). The number of halogens is 1. The normalized spacial score (nSPS) is 10.8. The molecule has 0 saturated heterocycles. The molecule has 6 heteroatoms. The van der Waals surface area contributed by atoms with Gasteiger partial charge in [0, 0.05) is 48.0 Å². The first-order valence-electron chi connectivity index (χ1n) is 7.67. The van der Waals surface area contributed by atoms with E-state index in [4.69, 9.17) is 16.3 Å². The molecule has 1 N–H and O–H groups in total. The van der Waals surface area contributed by atoms with Crippen molar-refractivity contribution in [2.24, 2.45) is 7.05 Å². The van der Waals surface area contributed by atoms with Gasteiger partial charge in [0.15, 0.2) is 6.61 Å². The number of amides is 1. The lowest BCUT2D eigenvalue weighted by molar-refractivity contribution is -0.123. The van der Waals surface area contributed by atoms with E-state index in [0.717, 1.165) is 22.9 Å². The van der Waals surface area contributed by atoms with Gasteiger partial charge >= 0.3 is 0 Å². The highest BCUT2D eigenvalue weighted by Crippen LogP contribution is 2.24. The van der Waals surface area contributed by atoms with Gasteiger partial charge in [-0.15, -0.1) is 0 Å². The van der Waals surface area contributed by atoms with Crippen LogP contribution in [0.2, 0.25) is 5.02 Å². The zero-order chi connectivity index (χ0) is 16.9. The summed E-state index contributed by atoms with van der Waals surface area (Å²) in [5.41, 5.74) is 2.28. The third-order valence-corrected chi connectivity index (χ3v) is 3.97. The number of carbonyl (C=O) groups is 1. The van der Waals surface area contributed by atoms with Crippen LogP contribution in [0, 0.1) is 0 Å². The molecule has 124 valence electrons. The molecule has 1 aromatic carbocycles. The van der Waals surface area contributed by atoms with Gasteiger partial charge in [-0.2, -0.15) is 0 Å². The van der Waals surface area contributed by atoms with Gasteiger partial charge in [0.2, 0.25) is 5.88 Å². The predicted molar refractivity (Wildman–Crippen MR) is 94.4 cm³/mol. The van der Waals surface area contributed by atoms with Crippen LogP contribution in [0.15, 0.2) is 48.8 Å². The van der Waals surface area contributed by atoms with Crippen molar-refractivity contribution in [2.75, 3.05) is 13.2 Å². The summed E-state index contributed by atoms with van der Waals surface area (Å²) in [4.78, 5) is 15.8. The van der Waals surface area contributed by atoms with Crippen molar-refractivity contribution in [1.82, 2.24) is 14.9 Å². The van der Waals surface area contributed by atoms with Crippen molar-refractivity contribution in [2.45, 2.75) is 6.42 Å². The highest BCUT2D eigenvalue weighted by Gasteiger charge is 2.08. The number of carbonyl (C=O) groups excluding carboxylic acids is 1. The smallest absolute Gasteiger partial charge is 0.258 e. The van der Waals surface area contributed by atoms with Crippen LogP contribution in [-0.2, 0) is 18.3 Å². The van der Waals surface area contributed by atoms with E-state index >= 15 is 0 Å². The van der Waals surface area contributed by atoms with Crippen molar-refractivity contribution in [3.05, 3.63) is 59.4 Å². The van der Waals surface area contributed by atoms with Crippen molar-refractivity contribution in [3.63, 3.8) is 0 Å². The summed E-state index contributed by atoms with van der Waals surface area (Å²) < 4.78 is 7.38. The molecule has 0 radical (unpaired) electrons. The molecule has 0 aliphatic rings. The summed E-state index contributed by atoms with van der Waals surface area (Å²) in [6.45, 7) is 0.494. The van der Waals surface area contributed by atoms with Crippen LogP contribution in [0.3, 0.4) is 0 Å². The number of fused-ring (bicyclic) bond motifs is 1. The second kappa shape index (κ2) is 7.36. The molecule has 0 saturated carbocycles. The molecule has 0 spiro atoms. The second-order valence-corrected chi connectivity index (χ2v) is 5.92. The molecule has 24 heavy (non-hydrogen) atoms. The molecular weight excluding hydrogens is 326 g/mol. The Bertz CT molecular complexity index is 846. The molecule has 0 unspecified atom stereocenters. The lowest BCUT2D eigenvalue weighted by Gasteiger charge is -2.06. The number of hydrogen-bond acceptors (Lipinski definition) is 3. The van der Waals surface area contributed by atoms with Gasteiger partial charge in [-0.3, -0.25) is 4.79 Å². The molecule has 5 nitrogen and oxygen atoms in total. The Kier molecular flexibility index (Phi) is 5.01. The number of aryl methyl sites for hydroxylation is 1. The molecule has 0 aliphatic heterocycles. The summed E-state index contributed by atoms with van der Waals surface area (Å²) >= 11 is 6.08. The quantitative estimate of drug-likeness (QED) is 0.748. The zero-order valence-electron chi connectivity index (χ0n) is 13.3. The third-order valence-electron chi connectivity index (χ3n) is 3.74. The van der Waals surface area contributed by atoms with Crippen molar-refractivity contribution in [1.29, 1.82) is 0 Å². The number of ether oxygens (including phenoxy) is 1. The van der Waals surface area contributed by atoms with Crippen LogP contribution in [-0.4, -0.2) is 28.6 Å². The van der Waals surface area contributed by atoms with Gasteiger partial charge in [0.25, 0.3) is 5.91 Å². The highest BCUT2D eigenvalue weighted by atomic mass is 35.5. The SMILES string of the molecule is Cn1cc(CCNC(=O)COc2ccccn2)c2cc(Cl)ccc21. The van der Waals surface area contributed by atoms with Gasteiger partial charge < -0.3 is 14.6 Å². The molecule has 3 rings (SSSR count). The summed E-state index contributed by atoms with van der Waals surface area (Å²) in [7, 11) is 2.00. The van der Waals surface area contributed by atoms with E-state index in [1.54, 1.807) is 18.3 Å². The minimum atomic E-state index is -0.168. The lowest BCUT2D eigenvalue weighted by Crippen LogP contribution is -2.30. The van der Waals surface area contributed by atoms with Gasteiger partial charge in [0.1, 0.15) is 0 Å². The fourth-order valence-corrected chi connectivity index (χ4v) is 2.78. The van der Waals surface area contributed by atoms with Crippen molar-refractivity contribution < 1.29 is 9.53 Å². The summed E-state index contributed by atoms with van der Waals surface area (Å²) in [6, 6.07) is 11.2. The fourth-order valence-electron chi connectivity index (χ4n) is 2.60. The first-order valence-corrected chi connectivity index (χ1v) is 8.05. The monoisotopic (exact) mass is 343 g/mol. The first-order chi connectivity index (χ1) is 11.6. The average molecular weight is 344 g/mol. The Morgan fingerprint density at radius 3 is 3.00 bits per heavy atom. The molecule has 0 aliphatic carbocycles. The molecule has 2 heterocycles. The van der Waals surface area contributed by atoms with E-state index < -0.39 is 0 Å². The Morgan fingerprint density at radius 2 is 2.21 bits per heavy atom. The fraction of sp³-hybridized carbons (Fsp3) is 0.222. The number of pyridine rings is 1. The van der Waals surface area contributed by atoms with E-state index in [1.165, 1.54) is 0 Å². The Labute approximate surface area is 145 Å². The minimum absolute atomic E-state index is 0.0433. The number of benzene rings is 1. The Hall–Kier alpha value is -2.53. The average Bonchev–Trinajstić information content (AvgIpc) is 2.89. The van der Waals surface area contributed by atoms with E-state index in [2.05, 4.69) is 21.1 Å². The predicted octanol–water partition coefficient (Wildman–Crippen LogP) is 2.96.